The lowest BCUT2D eigenvalue weighted by molar-refractivity contribution is -0.126. The quantitative estimate of drug-likeness (QED) is 0.820. The summed E-state index contributed by atoms with van der Waals surface area (Å²) in [6.07, 6.45) is 10.8. The summed E-state index contributed by atoms with van der Waals surface area (Å²) in [6.45, 7) is 3.75. The zero-order chi connectivity index (χ0) is 17.5. The minimum atomic E-state index is 0.0901. The van der Waals surface area contributed by atoms with Crippen molar-refractivity contribution in [3.05, 3.63) is 53.9 Å². The first kappa shape index (κ1) is 17.2. The van der Waals surface area contributed by atoms with E-state index in [1.165, 1.54) is 5.56 Å². The van der Waals surface area contributed by atoms with Gasteiger partial charge in [-0.1, -0.05) is 30.2 Å². The molecule has 1 aromatic heterocycles. The van der Waals surface area contributed by atoms with Crippen molar-refractivity contribution in [2.45, 2.75) is 25.9 Å². The van der Waals surface area contributed by atoms with Crippen LogP contribution in [-0.4, -0.2) is 40.2 Å². The van der Waals surface area contributed by atoms with E-state index in [1.807, 2.05) is 29.1 Å². The SMILES string of the molecule is C#CCN1CCC(C(=O)NCc2ccccc2Cn2cccn2)CC1. The lowest BCUT2D eigenvalue weighted by atomic mass is 9.95. The van der Waals surface area contributed by atoms with Crippen molar-refractivity contribution in [2.24, 2.45) is 5.92 Å². The summed E-state index contributed by atoms with van der Waals surface area (Å²) in [5.74, 6) is 2.91. The van der Waals surface area contributed by atoms with E-state index in [2.05, 4.69) is 33.4 Å². The Hall–Kier alpha value is -2.58. The molecule has 5 nitrogen and oxygen atoms in total. The minimum Gasteiger partial charge on any atom is -0.352 e. The number of rotatable bonds is 6. The van der Waals surface area contributed by atoms with Gasteiger partial charge in [0.05, 0.1) is 13.1 Å². The fraction of sp³-hybridized carbons (Fsp3) is 0.400. The number of carbonyl (C=O) groups excluding carboxylic acids is 1. The highest BCUT2D eigenvalue weighted by Gasteiger charge is 2.24. The first-order valence-corrected chi connectivity index (χ1v) is 8.74. The molecule has 0 spiro atoms. The summed E-state index contributed by atoms with van der Waals surface area (Å²) in [7, 11) is 0. The molecule has 2 heterocycles. The maximum Gasteiger partial charge on any atom is 0.223 e. The fourth-order valence-corrected chi connectivity index (χ4v) is 3.26. The number of nitrogens with zero attached hydrogens (tertiary/aromatic N) is 3. The number of piperidine rings is 1. The molecule has 1 N–H and O–H groups in total. The van der Waals surface area contributed by atoms with E-state index in [0.717, 1.165) is 31.5 Å². The summed E-state index contributed by atoms with van der Waals surface area (Å²) in [6, 6.07) is 10.1. The van der Waals surface area contributed by atoms with Crippen LogP contribution in [-0.2, 0) is 17.9 Å². The van der Waals surface area contributed by atoms with Crippen molar-refractivity contribution in [3.63, 3.8) is 0 Å². The van der Waals surface area contributed by atoms with Crippen LogP contribution in [0.15, 0.2) is 42.7 Å². The summed E-state index contributed by atoms with van der Waals surface area (Å²) in [5.41, 5.74) is 2.31. The van der Waals surface area contributed by atoms with Crippen molar-refractivity contribution in [3.8, 4) is 12.3 Å². The molecular formula is C20H24N4O. The van der Waals surface area contributed by atoms with Crippen molar-refractivity contribution in [2.75, 3.05) is 19.6 Å². The van der Waals surface area contributed by atoms with Crippen molar-refractivity contribution in [1.29, 1.82) is 0 Å². The Morgan fingerprint density at radius 1 is 1.24 bits per heavy atom. The third-order valence-electron chi connectivity index (χ3n) is 4.74. The van der Waals surface area contributed by atoms with Gasteiger partial charge in [0.1, 0.15) is 0 Å². The first-order chi connectivity index (χ1) is 12.3. The molecule has 130 valence electrons. The Morgan fingerprint density at radius 3 is 2.68 bits per heavy atom. The van der Waals surface area contributed by atoms with Crippen LogP contribution in [0.25, 0.3) is 0 Å². The van der Waals surface area contributed by atoms with Crippen LogP contribution in [0.5, 0.6) is 0 Å². The van der Waals surface area contributed by atoms with E-state index in [9.17, 15) is 4.79 Å². The normalized spacial score (nSPS) is 15.6. The lowest BCUT2D eigenvalue weighted by Gasteiger charge is -2.29. The van der Waals surface area contributed by atoms with E-state index >= 15 is 0 Å². The molecule has 0 atom stereocenters. The van der Waals surface area contributed by atoms with Gasteiger partial charge < -0.3 is 5.32 Å². The minimum absolute atomic E-state index is 0.0901. The molecule has 0 unspecified atom stereocenters. The third-order valence-corrected chi connectivity index (χ3v) is 4.74. The number of carbonyl (C=O) groups is 1. The molecule has 0 aliphatic carbocycles. The second-order valence-corrected chi connectivity index (χ2v) is 6.44. The molecule has 1 aliphatic rings. The molecule has 1 aromatic carbocycles. The van der Waals surface area contributed by atoms with Gasteiger partial charge in [-0.25, -0.2) is 0 Å². The standard InChI is InChI=1S/C20H24N4O/c1-2-11-23-13-8-17(9-14-23)20(25)21-15-18-6-3-4-7-19(18)16-24-12-5-10-22-24/h1,3-7,10,12,17H,8-9,11,13-16H2,(H,21,25). The average molecular weight is 336 g/mol. The zero-order valence-electron chi connectivity index (χ0n) is 14.4. The van der Waals surface area contributed by atoms with Gasteiger partial charge in [0.2, 0.25) is 5.91 Å². The Labute approximate surface area is 149 Å². The number of nitrogens with one attached hydrogen (secondary N) is 1. The number of benzene rings is 1. The second kappa shape index (κ2) is 8.50. The molecule has 5 heteroatoms. The first-order valence-electron chi connectivity index (χ1n) is 8.74. The van der Waals surface area contributed by atoms with Gasteiger partial charge in [0.15, 0.2) is 0 Å². The zero-order valence-corrected chi connectivity index (χ0v) is 14.4. The molecule has 3 rings (SSSR count). The van der Waals surface area contributed by atoms with Crippen molar-refractivity contribution < 1.29 is 4.79 Å². The highest BCUT2D eigenvalue weighted by Crippen LogP contribution is 2.17. The van der Waals surface area contributed by atoms with Gasteiger partial charge in [-0.2, -0.15) is 5.10 Å². The van der Waals surface area contributed by atoms with Crippen LogP contribution in [0.2, 0.25) is 0 Å². The van der Waals surface area contributed by atoms with Gasteiger partial charge in [-0.05, 0) is 43.1 Å². The van der Waals surface area contributed by atoms with Gasteiger partial charge >= 0.3 is 0 Å². The molecule has 0 saturated carbocycles. The van der Waals surface area contributed by atoms with Crippen LogP contribution < -0.4 is 5.32 Å². The monoisotopic (exact) mass is 336 g/mol. The van der Waals surface area contributed by atoms with Gasteiger partial charge in [0.25, 0.3) is 0 Å². The summed E-state index contributed by atoms with van der Waals surface area (Å²) >= 11 is 0. The summed E-state index contributed by atoms with van der Waals surface area (Å²) in [4.78, 5) is 14.7. The molecule has 25 heavy (non-hydrogen) atoms. The Morgan fingerprint density at radius 2 is 2.00 bits per heavy atom. The number of hydrogen-bond donors (Lipinski definition) is 1. The molecule has 2 aromatic rings. The number of likely N-dealkylation sites (tertiary alicyclic amines) is 1. The van der Waals surface area contributed by atoms with Gasteiger partial charge in [0, 0.05) is 24.9 Å². The molecule has 1 fully saturated rings. The smallest absolute Gasteiger partial charge is 0.223 e. The second-order valence-electron chi connectivity index (χ2n) is 6.44. The molecule has 1 amide bonds. The van der Waals surface area contributed by atoms with E-state index in [0.29, 0.717) is 19.6 Å². The third kappa shape index (κ3) is 4.71. The highest BCUT2D eigenvalue weighted by atomic mass is 16.1. The van der Waals surface area contributed by atoms with Crippen LogP contribution in [0.1, 0.15) is 24.0 Å². The number of terminal acetylenes is 1. The Kier molecular flexibility index (Phi) is 5.86. The van der Waals surface area contributed by atoms with E-state index in [4.69, 9.17) is 6.42 Å². The Bertz CT molecular complexity index is 724. The van der Waals surface area contributed by atoms with Gasteiger partial charge in [-0.3, -0.25) is 14.4 Å². The Balaban J connectivity index is 1.53. The molecule has 1 aliphatic heterocycles. The molecule has 0 bridgehead atoms. The number of hydrogen-bond acceptors (Lipinski definition) is 3. The van der Waals surface area contributed by atoms with Gasteiger partial charge in [-0.15, -0.1) is 6.42 Å². The molecular weight excluding hydrogens is 312 g/mol. The topological polar surface area (TPSA) is 50.2 Å². The average Bonchev–Trinajstić information content (AvgIpc) is 3.15. The number of aromatic nitrogens is 2. The van der Waals surface area contributed by atoms with Crippen LogP contribution in [0.3, 0.4) is 0 Å². The number of amides is 1. The van der Waals surface area contributed by atoms with E-state index in [-0.39, 0.29) is 11.8 Å². The fourth-order valence-electron chi connectivity index (χ4n) is 3.26. The van der Waals surface area contributed by atoms with Crippen molar-refractivity contribution in [1.82, 2.24) is 20.0 Å². The highest BCUT2D eigenvalue weighted by molar-refractivity contribution is 5.78. The lowest BCUT2D eigenvalue weighted by Crippen LogP contribution is -2.40. The predicted molar refractivity (Wildman–Crippen MR) is 97.6 cm³/mol. The van der Waals surface area contributed by atoms with Crippen LogP contribution >= 0.6 is 0 Å². The maximum atomic E-state index is 12.5. The van der Waals surface area contributed by atoms with Crippen molar-refractivity contribution >= 4 is 5.91 Å². The van der Waals surface area contributed by atoms with E-state index in [1.54, 1.807) is 6.20 Å². The van der Waals surface area contributed by atoms with Crippen LogP contribution in [0.4, 0.5) is 0 Å². The summed E-state index contributed by atoms with van der Waals surface area (Å²) < 4.78 is 1.89. The largest absolute Gasteiger partial charge is 0.352 e. The molecule has 1 saturated heterocycles. The molecule has 0 radical (unpaired) electrons. The van der Waals surface area contributed by atoms with Crippen LogP contribution in [0, 0.1) is 18.3 Å². The summed E-state index contributed by atoms with van der Waals surface area (Å²) in [5, 5.41) is 7.36. The van der Waals surface area contributed by atoms with E-state index < -0.39 is 0 Å². The maximum absolute atomic E-state index is 12.5. The predicted octanol–water partition coefficient (Wildman–Crippen LogP) is 1.89.